The first-order chi connectivity index (χ1) is 6.68. The van der Waals surface area contributed by atoms with Gasteiger partial charge in [0.15, 0.2) is 0 Å². The molecule has 1 fully saturated rings. The maximum atomic E-state index is 11.7. The van der Waals surface area contributed by atoms with Crippen LogP contribution in [0.5, 0.6) is 0 Å². The molecule has 2 amide bonds. The third-order valence-electron chi connectivity index (χ3n) is 2.57. The van der Waals surface area contributed by atoms with Gasteiger partial charge in [0.1, 0.15) is 0 Å². The number of nitrogens with zero attached hydrogens (tertiary/aromatic N) is 1. The molecule has 1 aliphatic rings. The SMILES string of the molecule is CC(C)=C1C(=O)N(O)C(=O)[C@@H]1C(C)(C)C. The third kappa shape index (κ3) is 1.81. The normalized spacial score (nSPS) is 22.7. The molecule has 0 unspecified atom stereocenters. The van der Waals surface area contributed by atoms with Gasteiger partial charge in [-0.25, -0.2) is 0 Å². The Balaban J connectivity index is 3.32. The molecule has 1 heterocycles. The zero-order valence-corrected chi connectivity index (χ0v) is 9.79. The van der Waals surface area contributed by atoms with Gasteiger partial charge in [0.2, 0.25) is 0 Å². The van der Waals surface area contributed by atoms with Crippen LogP contribution in [0.2, 0.25) is 0 Å². The highest BCUT2D eigenvalue weighted by atomic mass is 16.5. The van der Waals surface area contributed by atoms with Gasteiger partial charge in [0, 0.05) is 5.57 Å². The van der Waals surface area contributed by atoms with E-state index in [1.165, 1.54) is 0 Å². The minimum absolute atomic E-state index is 0.234. The summed E-state index contributed by atoms with van der Waals surface area (Å²) in [4.78, 5) is 23.3. The van der Waals surface area contributed by atoms with E-state index >= 15 is 0 Å². The molecule has 84 valence electrons. The Morgan fingerprint density at radius 3 is 2.00 bits per heavy atom. The van der Waals surface area contributed by atoms with Crippen molar-refractivity contribution in [1.29, 1.82) is 0 Å². The van der Waals surface area contributed by atoms with Gasteiger partial charge in [-0.3, -0.25) is 14.8 Å². The number of carbonyl (C=O) groups excluding carboxylic acids is 2. The van der Waals surface area contributed by atoms with Crippen LogP contribution in [0.25, 0.3) is 0 Å². The molecule has 1 rings (SSSR count). The molecule has 0 aromatic heterocycles. The van der Waals surface area contributed by atoms with Crippen LogP contribution in [0.15, 0.2) is 11.1 Å². The van der Waals surface area contributed by atoms with Crippen molar-refractivity contribution in [2.45, 2.75) is 34.6 Å². The first kappa shape index (κ1) is 11.9. The van der Waals surface area contributed by atoms with Gasteiger partial charge >= 0.3 is 0 Å². The smallest absolute Gasteiger partial charge is 0.278 e. The summed E-state index contributed by atoms with van der Waals surface area (Å²) in [6, 6.07) is 0. The van der Waals surface area contributed by atoms with Gasteiger partial charge in [-0.2, -0.15) is 5.06 Å². The summed E-state index contributed by atoms with van der Waals surface area (Å²) >= 11 is 0. The molecule has 1 aliphatic heterocycles. The molecular formula is C11H17NO3. The molecule has 0 aromatic rings. The van der Waals surface area contributed by atoms with Crippen molar-refractivity contribution >= 4 is 11.8 Å². The molecule has 15 heavy (non-hydrogen) atoms. The molecule has 0 spiro atoms. The summed E-state index contributed by atoms with van der Waals surface area (Å²) in [5.41, 5.74) is 0.844. The Kier molecular flexibility index (Phi) is 2.74. The van der Waals surface area contributed by atoms with Crippen LogP contribution < -0.4 is 0 Å². The zero-order valence-electron chi connectivity index (χ0n) is 9.79. The molecule has 0 bridgehead atoms. The number of hydroxylamine groups is 2. The lowest BCUT2D eigenvalue weighted by Gasteiger charge is -2.25. The lowest BCUT2D eigenvalue weighted by molar-refractivity contribution is -0.172. The number of imide groups is 1. The van der Waals surface area contributed by atoms with Crippen LogP contribution in [0.1, 0.15) is 34.6 Å². The van der Waals surface area contributed by atoms with E-state index in [1.54, 1.807) is 13.8 Å². The largest absolute Gasteiger partial charge is 0.281 e. The molecule has 1 N–H and O–H groups in total. The van der Waals surface area contributed by atoms with Gasteiger partial charge in [-0.15, -0.1) is 0 Å². The third-order valence-corrected chi connectivity index (χ3v) is 2.57. The van der Waals surface area contributed by atoms with E-state index in [1.807, 2.05) is 20.8 Å². The lowest BCUT2D eigenvalue weighted by atomic mass is 9.76. The van der Waals surface area contributed by atoms with Crippen molar-refractivity contribution < 1.29 is 14.8 Å². The van der Waals surface area contributed by atoms with E-state index in [4.69, 9.17) is 0 Å². The van der Waals surface area contributed by atoms with Crippen molar-refractivity contribution in [3.05, 3.63) is 11.1 Å². The van der Waals surface area contributed by atoms with Gasteiger partial charge in [-0.05, 0) is 19.3 Å². The summed E-state index contributed by atoms with van der Waals surface area (Å²) in [5.74, 6) is -1.65. The number of hydrogen-bond acceptors (Lipinski definition) is 3. The van der Waals surface area contributed by atoms with E-state index < -0.39 is 17.7 Å². The fourth-order valence-electron chi connectivity index (χ4n) is 1.89. The second-order valence-corrected chi connectivity index (χ2v) is 5.17. The molecule has 1 saturated heterocycles. The second-order valence-electron chi connectivity index (χ2n) is 5.17. The average molecular weight is 211 g/mol. The summed E-state index contributed by atoms with van der Waals surface area (Å²) in [6.07, 6.45) is 0. The quantitative estimate of drug-likeness (QED) is 0.377. The first-order valence-corrected chi connectivity index (χ1v) is 4.92. The van der Waals surface area contributed by atoms with Gasteiger partial charge in [0.05, 0.1) is 5.92 Å². The molecule has 1 atom stereocenters. The van der Waals surface area contributed by atoms with Crippen molar-refractivity contribution in [1.82, 2.24) is 5.06 Å². The number of hydrogen-bond donors (Lipinski definition) is 1. The predicted molar refractivity (Wildman–Crippen MR) is 55.0 cm³/mol. The van der Waals surface area contributed by atoms with Gasteiger partial charge in [-0.1, -0.05) is 26.3 Å². The highest BCUT2D eigenvalue weighted by molar-refractivity contribution is 6.14. The van der Waals surface area contributed by atoms with Crippen molar-refractivity contribution in [3.63, 3.8) is 0 Å². The Bertz CT molecular complexity index is 345. The van der Waals surface area contributed by atoms with Crippen LogP contribution in [0, 0.1) is 11.3 Å². The average Bonchev–Trinajstić information content (AvgIpc) is 2.28. The Hall–Kier alpha value is -1.16. The summed E-state index contributed by atoms with van der Waals surface area (Å²) in [5, 5.41) is 9.55. The monoisotopic (exact) mass is 211 g/mol. The Labute approximate surface area is 89.5 Å². The molecular weight excluding hydrogens is 194 g/mol. The van der Waals surface area contributed by atoms with Crippen LogP contribution in [0.3, 0.4) is 0 Å². The van der Waals surface area contributed by atoms with E-state index in [2.05, 4.69) is 0 Å². The van der Waals surface area contributed by atoms with Crippen LogP contribution in [-0.2, 0) is 9.59 Å². The molecule has 0 saturated carbocycles. The van der Waals surface area contributed by atoms with Crippen molar-refractivity contribution in [2.24, 2.45) is 11.3 Å². The van der Waals surface area contributed by atoms with E-state index in [0.717, 1.165) is 5.57 Å². The number of allylic oxidation sites excluding steroid dienone is 1. The number of rotatable bonds is 0. The lowest BCUT2D eigenvalue weighted by Crippen LogP contribution is -2.31. The van der Waals surface area contributed by atoms with Crippen LogP contribution in [0.4, 0.5) is 0 Å². The van der Waals surface area contributed by atoms with Crippen LogP contribution >= 0.6 is 0 Å². The van der Waals surface area contributed by atoms with Crippen molar-refractivity contribution in [2.75, 3.05) is 0 Å². The maximum absolute atomic E-state index is 11.7. The zero-order chi connectivity index (χ0) is 12.0. The minimum Gasteiger partial charge on any atom is -0.278 e. The summed E-state index contributed by atoms with van der Waals surface area (Å²) < 4.78 is 0. The molecule has 4 heteroatoms. The number of amides is 2. The van der Waals surface area contributed by atoms with E-state index in [0.29, 0.717) is 5.57 Å². The van der Waals surface area contributed by atoms with Crippen LogP contribution in [-0.4, -0.2) is 22.1 Å². The molecule has 0 radical (unpaired) electrons. The minimum atomic E-state index is -0.583. The Morgan fingerprint density at radius 2 is 1.73 bits per heavy atom. The maximum Gasteiger partial charge on any atom is 0.281 e. The molecule has 0 aliphatic carbocycles. The fourth-order valence-corrected chi connectivity index (χ4v) is 1.89. The molecule has 0 aromatic carbocycles. The second kappa shape index (κ2) is 3.45. The van der Waals surface area contributed by atoms with Gasteiger partial charge in [0.25, 0.3) is 11.8 Å². The highest BCUT2D eigenvalue weighted by Gasteiger charge is 2.49. The Morgan fingerprint density at radius 1 is 1.27 bits per heavy atom. The van der Waals surface area contributed by atoms with Crippen molar-refractivity contribution in [3.8, 4) is 0 Å². The standard InChI is InChI=1S/C11H17NO3/c1-6(2)7-8(11(3,4)5)10(14)12(15)9(7)13/h8,15H,1-5H3/t8-/m1/s1. The van der Waals surface area contributed by atoms with E-state index in [9.17, 15) is 14.8 Å². The fraction of sp³-hybridized carbons (Fsp3) is 0.636. The summed E-state index contributed by atoms with van der Waals surface area (Å²) in [6.45, 7) is 9.19. The summed E-state index contributed by atoms with van der Waals surface area (Å²) in [7, 11) is 0. The number of carbonyl (C=O) groups is 2. The van der Waals surface area contributed by atoms with Gasteiger partial charge < -0.3 is 0 Å². The highest BCUT2D eigenvalue weighted by Crippen LogP contribution is 2.39. The first-order valence-electron chi connectivity index (χ1n) is 4.92. The predicted octanol–water partition coefficient (Wildman–Crippen LogP) is 1.74. The van der Waals surface area contributed by atoms with E-state index in [-0.39, 0.29) is 10.5 Å². The molecule has 4 nitrogen and oxygen atoms in total. The topological polar surface area (TPSA) is 57.6 Å².